The van der Waals surface area contributed by atoms with E-state index in [1.165, 1.54) is 4.68 Å². The number of hydrogen-bond donors (Lipinski definition) is 1. The van der Waals surface area contributed by atoms with Crippen molar-refractivity contribution in [3.63, 3.8) is 0 Å². The Morgan fingerprint density at radius 2 is 1.95 bits per heavy atom. The molecule has 0 amide bonds. The molecule has 0 fully saturated rings. The molecule has 0 spiro atoms. The Bertz CT molecular complexity index is 858. The number of rotatable bonds is 3. The zero-order chi connectivity index (χ0) is 15.7. The van der Waals surface area contributed by atoms with Gasteiger partial charge in [-0.1, -0.05) is 47.1 Å². The molecule has 0 bridgehead atoms. The van der Waals surface area contributed by atoms with Crippen molar-refractivity contribution in [2.24, 2.45) is 0 Å². The molecule has 22 heavy (non-hydrogen) atoms. The standard InChI is InChI=1S/C16H12ClN3O2/c1-10-5-4-6-11(9-10)20-15(14(16(21)22)18-19-20)12-7-2-3-8-13(12)17/h2-9H,1H3,(H,21,22). The minimum absolute atomic E-state index is 0.130. The van der Waals surface area contributed by atoms with Crippen molar-refractivity contribution in [2.45, 2.75) is 6.92 Å². The normalized spacial score (nSPS) is 10.6. The predicted molar refractivity (Wildman–Crippen MR) is 83.5 cm³/mol. The Kier molecular flexibility index (Phi) is 3.65. The molecule has 2 aromatic carbocycles. The second kappa shape index (κ2) is 5.61. The Hall–Kier alpha value is -2.66. The number of carboxylic acids is 1. The third-order valence-electron chi connectivity index (χ3n) is 3.25. The number of benzene rings is 2. The molecular weight excluding hydrogens is 302 g/mol. The van der Waals surface area contributed by atoms with Gasteiger partial charge in [0.1, 0.15) is 5.69 Å². The van der Waals surface area contributed by atoms with Gasteiger partial charge in [-0.25, -0.2) is 9.48 Å². The summed E-state index contributed by atoms with van der Waals surface area (Å²) in [6, 6.07) is 14.6. The van der Waals surface area contributed by atoms with E-state index >= 15 is 0 Å². The molecule has 5 nitrogen and oxygen atoms in total. The highest BCUT2D eigenvalue weighted by Crippen LogP contribution is 2.31. The largest absolute Gasteiger partial charge is 0.476 e. The average Bonchev–Trinajstić information content (AvgIpc) is 2.92. The summed E-state index contributed by atoms with van der Waals surface area (Å²) in [5, 5.41) is 17.6. The second-order valence-corrected chi connectivity index (χ2v) is 5.23. The number of halogens is 1. The number of aryl methyl sites for hydroxylation is 1. The summed E-state index contributed by atoms with van der Waals surface area (Å²) in [7, 11) is 0. The summed E-state index contributed by atoms with van der Waals surface area (Å²) in [6.45, 7) is 1.95. The molecular formula is C16H12ClN3O2. The van der Waals surface area contributed by atoms with Crippen LogP contribution in [0.4, 0.5) is 0 Å². The van der Waals surface area contributed by atoms with Crippen LogP contribution in [0.5, 0.6) is 0 Å². The first-order valence-corrected chi connectivity index (χ1v) is 6.96. The van der Waals surface area contributed by atoms with Crippen molar-refractivity contribution in [2.75, 3.05) is 0 Å². The monoisotopic (exact) mass is 313 g/mol. The van der Waals surface area contributed by atoms with Crippen molar-refractivity contribution in [1.82, 2.24) is 15.0 Å². The summed E-state index contributed by atoms with van der Waals surface area (Å²) in [5.74, 6) is -1.14. The summed E-state index contributed by atoms with van der Waals surface area (Å²) in [6.07, 6.45) is 0. The zero-order valence-electron chi connectivity index (χ0n) is 11.7. The van der Waals surface area contributed by atoms with Gasteiger partial charge in [-0.2, -0.15) is 0 Å². The molecule has 3 aromatic rings. The molecule has 1 aromatic heterocycles. The van der Waals surface area contributed by atoms with Crippen molar-refractivity contribution < 1.29 is 9.90 Å². The molecule has 0 saturated carbocycles. The maximum Gasteiger partial charge on any atom is 0.358 e. The van der Waals surface area contributed by atoms with Crippen LogP contribution in [0.25, 0.3) is 16.9 Å². The summed E-state index contributed by atoms with van der Waals surface area (Å²) >= 11 is 6.22. The third kappa shape index (κ3) is 2.46. The summed E-state index contributed by atoms with van der Waals surface area (Å²) in [5.41, 5.74) is 2.58. The van der Waals surface area contributed by atoms with Crippen LogP contribution in [-0.2, 0) is 0 Å². The molecule has 0 aliphatic heterocycles. The highest BCUT2D eigenvalue weighted by atomic mass is 35.5. The lowest BCUT2D eigenvalue weighted by Crippen LogP contribution is -2.03. The molecule has 0 unspecified atom stereocenters. The Labute approximate surface area is 131 Å². The minimum Gasteiger partial charge on any atom is -0.476 e. The maximum absolute atomic E-state index is 11.5. The van der Waals surface area contributed by atoms with E-state index in [0.29, 0.717) is 16.3 Å². The first kappa shape index (κ1) is 14.3. The highest BCUT2D eigenvalue weighted by Gasteiger charge is 2.23. The molecule has 110 valence electrons. The molecule has 1 N–H and O–H groups in total. The Morgan fingerprint density at radius 3 is 2.64 bits per heavy atom. The van der Waals surface area contributed by atoms with E-state index in [2.05, 4.69) is 10.3 Å². The molecule has 0 aliphatic carbocycles. The lowest BCUT2D eigenvalue weighted by Gasteiger charge is -2.09. The Morgan fingerprint density at radius 1 is 1.18 bits per heavy atom. The van der Waals surface area contributed by atoms with Crippen molar-refractivity contribution in [3.05, 3.63) is 64.8 Å². The van der Waals surface area contributed by atoms with E-state index in [1.807, 2.05) is 31.2 Å². The van der Waals surface area contributed by atoms with E-state index in [-0.39, 0.29) is 5.69 Å². The minimum atomic E-state index is -1.14. The van der Waals surface area contributed by atoms with Gasteiger partial charge in [0.15, 0.2) is 5.69 Å². The lowest BCUT2D eigenvalue weighted by molar-refractivity contribution is 0.0691. The fourth-order valence-corrected chi connectivity index (χ4v) is 2.49. The molecule has 0 aliphatic rings. The van der Waals surface area contributed by atoms with E-state index in [9.17, 15) is 9.90 Å². The van der Waals surface area contributed by atoms with Crippen LogP contribution in [0.1, 0.15) is 16.1 Å². The van der Waals surface area contributed by atoms with Crippen molar-refractivity contribution in [3.8, 4) is 16.9 Å². The van der Waals surface area contributed by atoms with Gasteiger partial charge >= 0.3 is 5.97 Å². The molecule has 0 radical (unpaired) electrons. The van der Waals surface area contributed by atoms with Crippen LogP contribution in [0.2, 0.25) is 5.02 Å². The fourth-order valence-electron chi connectivity index (χ4n) is 2.26. The summed E-state index contributed by atoms with van der Waals surface area (Å²) in [4.78, 5) is 11.5. The molecule has 0 saturated heterocycles. The third-order valence-corrected chi connectivity index (χ3v) is 3.58. The number of nitrogens with zero attached hydrogens (tertiary/aromatic N) is 3. The van der Waals surface area contributed by atoms with Crippen LogP contribution >= 0.6 is 11.6 Å². The first-order valence-electron chi connectivity index (χ1n) is 6.59. The molecule has 3 rings (SSSR count). The van der Waals surface area contributed by atoms with Gasteiger partial charge in [-0.15, -0.1) is 5.10 Å². The van der Waals surface area contributed by atoms with Crippen LogP contribution in [0, 0.1) is 6.92 Å². The van der Waals surface area contributed by atoms with Gasteiger partial charge < -0.3 is 5.11 Å². The van der Waals surface area contributed by atoms with Crippen LogP contribution < -0.4 is 0 Å². The predicted octanol–water partition coefficient (Wildman–Crippen LogP) is 3.59. The SMILES string of the molecule is Cc1cccc(-n2nnc(C(=O)O)c2-c2ccccc2Cl)c1. The van der Waals surface area contributed by atoms with Crippen LogP contribution in [0.3, 0.4) is 0 Å². The van der Waals surface area contributed by atoms with Gasteiger partial charge in [0, 0.05) is 5.56 Å². The number of carboxylic acid groups (broad SMARTS) is 1. The van der Waals surface area contributed by atoms with E-state index in [1.54, 1.807) is 24.3 Å². The topological polar surface area (TPSA) is 68.0 Å². The molecule has 0 atom stereocenters. The lowest BCUT2D eigenvalue weighted by atomic mass is 10.1. The van der Waals surface area contributed by atoms with E-state index < -0.39 is 5.97 Å². The first-order chi connectivity index (χ1) is 10.6. The number of aromatic carboxylic acids is 1. The van der Waals surface area contributed by atoms with Gasteiger partial charge in [0.05, 0.1) is 10.7 Å². The van der Waals surface area contributed by atoms with Gasteiger partial charge in [-0.3, -0.25) is 0 Å². The van der Waals surface area contributed by atoms with Gasteiger partial charge in [-0.05, 0) is 30.7 Å². The van der Waals surface area contributed by atoms with E-state index in [4.69, 9.17) is 11.6 Å². The molecule has 1 heterocycles. The number of carbonyl (C=O) groups is 1. The second-order valence-electron chi connectivity index (χ2n) is 4.82. The number of aromatic nitrogens is 3. The van der Waals surface area contributed by atoms with Crippen LogP contribution in [0.15, 0.2) is 48.5 Å². The quantitative estimate of drug-likeness (QED) is 0.802. The summed E-state index contributed by atoms with van der Waals surface area (Å²) < 4.78 is 1.50. The van der Waals surface area contributed by atoms with Crippen molar-refractivity contribution in [1.29, 1.82) is 0 Å². The number of hydrogen-bond acceptors (Lipinski definition) is 3. The average molecular weight is 314 g/mol. The highest BCUT2D eigenvalue weighted by molar-refractivity contribution is 6.33. The maximum atomic E-state index is 11.5. The molecule has 6 heteroatoms. The fraction of sp³-hybridized carbons (Fsp3) is 0.0625. The van der Waals surface area contributed by atoms with Gasteiger partial charge in [0.25, 0.3) is 0 Å². The zero-order valence-corrected chi connectivity index (χ0v) is 12.4. The van der Waals surface area contributed by atoms with Crippen LogP contribution in [-0.4, -0.2) is 26.1 Å². The smallest absolute Gasteiger partial charge is 0.358 e. The van der Waals surface area contributed by atoms with Crippen molar-refractivity contribution >= 4 is 17.6 Å². The van der Waals surface area contributed by atoms with Gasteiger partial charge in [0.2, 0.25) is 0 Å². The Balaban J connectivity index is 2.29. The van der Waals surface area contributed by atoms with E-state index in [0.717, 1.165) is 11.3 Å².